The third kappa shape index (κ3) is 2.00. The van der Waals surface area contributed by atoms with Crippen LogP contribution in [0, 0.1) is 0 Å². The summed E-state index contributed by atoms with van der Waals surface area (Å²) in [5.74, 6) is 0.937. The molecule has 2 rings (SSSR count). The third-order valence-electron chi connectivity index (χ3n) is 2.43. The minimum Gasteiger partial charge on any atom is -0.383 e. The number of nitrogens with zero attached hydrogens (tertiary/aromatic N) is 3. The van der Waals surface area contributed by atoms with Crippen molar-refractivity contribution in [2.45, 2.75) is 19.8 Å². The van der Waals surface area contributed by atoms with E-state index in [1.54, 1.807) is 24.8 Å². The molecule has 0 atom stereocenters. The Balaban J connectivity index is 2.48. The van der Waals surface area contributed by atoms with E-state index in [-0.39, 0.29) is 0 Å². The van der Waals surface area contributed by atoms with Crippen molar-refractivity contribution in [2.75, 3.05) is 5.73 Å². The van der Waals surface area contributed by atoms with E-state index in [9.17, 15) is 0 Å². The van der Waals surface area contributed by atoms with Gasteiger partial charge in [-0.25, -0.2) is 4.98 Å². The van der Waals surface area contributed by atoms with Crippen molar-refractivity contribution in [3.8, 4) is 11.3 Å². The first-order chi connectivity index (χ1) is 7.68. The fourth-order valence-electron chi connectivity index (χ4n) is 1.54. The fourth-order valence-corrected chi connectivity index (χ4v) is 1.54. The second kappa shape index (κ2) is 4.26. The molecule has 0 unspecified atom stereocenters. The quantitative estimate of drug-likeness (QED) is 0.832. The number of nitrogen functional groups attached to an aromatic ring is 1. The summed E-state index contributed by atoms with van der Waals surface area (Å²) in [4.78, 5) is 12.5. The fraction of sp³-hybridized carbons (Fsp3) is 0.250. The minimum atomic E-state index is 0.351. The first kappa shape index (κ1) is 10.5. The summed E-state index contributed by atoms with van der Waals surface area (Å²) in [5, 5.41) is 0. The van der Waals surface area contributed by atoms with Crippen molar-refractivity contribution in [3.63, 3.8) is 0 Å². The smallest absolute Gasteiger partial charge is 0.126 e. The van der Waals surface area contributed by atoms with E-state index in [0.29, 0.717) is 11.7 Å². The van der Waals surface area contributed by atoms with E-state index in [2.05, 4.69) is 28.8 Å². The predicted molar refractivity (Wildman–Crippen MR) is 63.8 cm³/mol. The lowest BCUT2D eigenvalue weighted by Crippen LogP contribution is -2.00. The van der Waals surface area contributed by atoms with Gasteiger partial charge in [0.1, 0.15) is 5.82 Å². The average Bonchev–Trinajstić information content (AvgIpc) is 2.30. The molecule has 0 aromatic carbocycles. The van der Waals surface area contributed by atoms with Crippen LogP contribution in [0.25, 0.3) is 11.3 Å². The van der Waals surface area contributed by atoms with Gasteiger partial charge >= 0.3 is 0 Å². The molecule has 0 spiro atoms. The summed E-state index contributed by atoms with van der Waals surface area (Å²) >= 11 is 0. The molecule has 0 saturated heterocycles. The van der Waals surface area contributed by atoms with Crippen LogP contribution in [-0.4, -0.2) is 15.0 Å². The van der Waals surface area contributed by atoms with Crippen molar-refractivity contribution in [3.05, 3.63) is 36.4 Å². The molecule has 0 bridgehead atoms. The average molecular weight is 214 g/mol. The summed E-state index contributed by atoms with van der Waals surface area (Å²) in [5.41, 5.74) is 8.63. The maximum Gasteiger partial charge on any atom is 0.126 e. The van der Waals surface area contributed by atoms with Crippen LogP contribution in [-0.2, 0) is 0 Å². The van der Waals surface area contributed by atoms with Crippen molar-refractivity contribution >= 4 is 5.82 Å². The van der Waals surface area contributed by atoms with Crippen LogP contribution in [0.2, 0.25) is 0 Å². The highest BCUT2D eigenvalue weighted by molar-refractivity contribution is 5.61. The molecule has 0 radical (unpaired) electrons. The molecule has 2 heterocycles. The lowest BCUT2D eigenvalue weighted by atomic mass is 10.0. The highest BCUT2D eigenvalue weighted by Gasteiger charge is 2.08. The van der Waals surface area contributed by atoms with Gasteiger partial charge in [0, 0.05) is 24.2 Å². The molecule has 0 aliphatic carbocycles. The minimum absolute atomic E-state index is 0.351. The van der Waals surface area contributed by atoms with Gasteiger partial charge in [-0.15, -0.1) is 0 Å². The molecule has 0 amide bonds. The molecule has 16 heavy (non-hydrogen) atoms. The SMILES string of the molecule is CC(C)c1cc(-c2cnccn2)cnc1N. The normalized spacial score (nSPS) is 10.7. The molecule has 0 saturated carbocycles. The summed E-state index contributed by atoms with van der Waals surface area (Å²) in [6, 6.07) is 2.02. The molecule has 4 heteroatoms. The van der Waals surface area contributed by atoms with E-state index in [1.165, 1.54) is 0 Å². The van der Waals surface area contributed by atoms with Crippen LogP contribution in [0.5, 0.6) is 0 Å². The van der Waals surface area contributed by atoms with E-state index in [0.717, 1.165) is 16.8 Å². The Labute approximate surface area is 94.6 Å². The number of pyridine rings is 1. The summed E-state index contributed by atoms with van der Waals surface area (Å²) in [7, 11) is 0. The van der Waals surface area contributed by atoms with Crippen molar-refractivity contribution in [1.82, 2.24) is 15.0 Å². The van der Waals surface area contributed by atoms with Gasteiger partial charge in [-0.2, -0.15) is 0 Å². The second-order valence-corrected chi connectivity index (χ2v) is 3.94. The molecular weight excluding hydrogens is 200 g/mol. The predicted octanol–water partition coefficient (Wildman–Crippen LogP) is 2.24. The largest absolute Gasteiger partial charge is 0.383 e. The molecule has 2 aromatic heterocycles. The molecule has 0 aliphatic rings. The van der Waals surface area contributed by atoms with Crippen LogP contribution in [0.1, 0.15) is 25.3 Å². The Kier molecular flexibility index (Phi) is 2.81. The van der Waals surface area contributed by atoms with Gasteiger partial charge in [0.15, 0.2) is 0 Å². The van der Waals surface area contributed by atoms with Crippen molar-refractivity contribution in [2.24, 2.45) is 0 Å². The number of hydrogen-bond donors (Lipinski definition) is 1. The van der Waals surface area contributed by atoms with E-state index in [1.807, 2.05) is 6.07 Å². The zero-order valence-electron chi connectivity index (χ0n) is 9.38. The number of rotatable bonds is 2. The van der Waals surface area contributed by atoms with Crippen LogP contribution in [0.4, 0.5) is 5.82 Å². The summed E-state index contributed by atoms with van der Waals surface area (Å²) < 4.78 is 0. The molecule has 2 aromatic rings. The summed E-state index contributed by atoms with van der Waals surface area (Å²) in [6.45, 7) is 4.18. The highest BCUT2D eigenvalue weighted by Crippen LogP contribution is 2.24. The first-order valence-electron chi connectivity index (χ1n) is 5.20. The summed E-state index contributed by atoms with van der Waals surface area (Å²) in [6.07, 6.45) is 6.76. The van der Waals surface area contributed by atoms with E-state index in [4.69, 9.17) is 5.73 Å². The van der Waals surface area contributed by atoms with Gasteiger partial charge in [0.05, 0.1) is 11.9 Å². The first-order valence-corrected chi connectivity index (χ1v) is 5.20. The number of hydrogen-bond acceptors (Lipinski definition) is 4. The molecule has 2 N–H and O–H groups in total. The highest BCUT2D eigenvalue weighted by atomic mass is 14.8. The Morgan fingerprint density at radius 2 is 1.94 bits per heavy atom. The van der Waals surface area contributed by atoms with Crippen LogP contribution < -0.4 is 5.73 Å². The van der Waals surface area contributed by atoms with Gasteiger partial charge in [0.25, 0.3) is 0 Å². The Morgan fingerprint density at radius 3 is 2.56 bits per heavy atom. The Hall–Kier alpha value is -1.97. The zero-order valence-corrected chi connectivity index (χ0v) is 9.38. The van der Waals surface area contributed by atoms with Gasteiger partial charge in [-0.05, 0) is 17.5 Å². The van der Waals surface area contributed by atoms with Gasteiger partial charge < -0.3 is 5.73 Å². The van der Waals surface area contributed by atoms with Crippen LogP contribution in [0.15, 0.2) is 30.9 Å². The van der Waals surface area contributed by atoms with Gasteiger partial charge in [-0.1, -0.05) is 13.8 Å². The lowest BCUT2D eigenvalue weighted by molar-refractivity contribution is 0.863. The Morgan fingerprint density at radius 1 is 1.12 bits per heavy atom. The number of nitrogens with two attached hydrogens (primary N) is 1. The molecule has 4 nitrogen and oxygen atoms in total. The Bertz CT molecular complexity index is 480. The monoisotopic (exact) mass is 214 g/mol. The number of aromatic nitrogens is 3. The standard InChI is InChI=1S/C12H14N4/c1-8(2)10-5-9(6-16-12(10)13)11-7-14-3-4-15-11/h3-8H,1-2H3,(H2,13,16). The van der Waals surface area contributed by atoms with Gasteiger partial charge in [0.2, 0.25) is 0 Å². The maximum atomic E-state index is 5.82. The van der Waals surface area contributed by atoms with Gasteiger partial charge in [-0.3, -0.25) is 9.97 Å². The topological polar surface area (TPSA) is 64.7 Å². The third-order valence-corrected chi connectivity index (χ3v) is 2.43. The maximum absolute atomic E-state index is 5.82. The molecule has 0 aliphatic heterocycles. The molecular formula is C12H14N4. The van der Waals surface area contributed by atoms with E-state index >= 15 is 0 Å². The van der Waals surface area contributed by atoms with Crippen molar-refractivity contribution in [1.29, 1.82) is 0 Å². The van der Waals surface area contributed by atoms with Crippen LogP contribution in [0.3, 0.4) is 0 Å². The van der Waals surface area contributed by atoms with E-state index < -0.39 is 0 Å². The number of anilines is 1. The lowest BCUT2D eigenvalue weighted by Gasteiger charge is -2.10. The van der Waals surface area contributed by atoms with Crippen LogP contribution >= 0.6 is 0 Å². The second-order valence-electron chi connectivity index (χ2n) is 3.94. The van der Waals surface area contributed by atoms with Crippen molar-refractivity contribution < 1.29 is 0 Å². The molecule has 0 fully saturated rings. The zero-order chi connectivity index (χ0) is 11.5. The molecule has 82 valence electrons.